The van der Waals surface area contributed by atoms with E-state index in [-0.39, 0.29) is 15.6 Å². The maximum atomic E-state index is 7.23. The molecule has 0 unspecified atom stereocenters. The Bertz CT molecular complexity index is 332. The summed E-state index contributed by atoms with van der Waals surface area (Å²) in [6.07, 6.45) is 0. The molecule has 1 aromatic carbocycles. The number of hydrogen-bond donors (Lipinski definition) is 0. The van der Waals surface area contributed by atoms with Gasteiger partial charge in [0.1, 0.15) is 0 Å². The van der Waals surface area contributed by atoms with E-state index >= 15 is 0 Å². The number of aryl methyl sites for hydroxylation is 2. The average Bonchev–Trinajstić information content (AvgIpc) is 1.99. The second-order valence-electron chi connectivity index (χ2n) is 1.67. The molecule has 0 fully saturated rings. The van der Waals surface area contributed by atoms with Gasteiger partial charge in [0.05, 0.1) is 0 Å². The van der Waals surface area contributed by atoms with E-state index in [2.05, 4.69) is 15.9 Å². The molecule has 0 nitrogen and oxygen atoms in total. The van der Waals surface area contributed by atoms with E-state index in [0.29, 0.717) is 0 Å². The Kier molecular flexibility index (Phi) is 0.670. The highest BCUT2D eigenvalue weighted by Gasteiger charge is 1.93. The van der Waals surface area contributed by atoms with E-state index in [4.69, 9.17) is 8.22 Å². The van der Waals surface area contributed by atoms with Gasteiger partial charge in [-0.3, -0.25) is 0 Å². The second kappa shape index (κ2) is 2.53. The molecular weight excluding hydrogens is 176 g/mol. The summed E-state index contributed by atoms with van der Waals surface area (Å²) in [6.45, 7) is -4.61. The van der Waals surface area contributed by atoms with Crippen molar-refractivity contribution in [2.45, 2.75) is 13.7 Å². The lowest BCUT2D eigenvalue weighted by Gasteiger charge is -1.98. The fraction of sp³-hybridized carbons (Fsp3) is 0.250. The minimum atomic E-state index is -2.31. The van der Waals surface area contributed by atoms with Gasteiger partial charge in [-0.1, -0.05) is 34.1 Å². The first-order valence-electron chi connectivity index (χ1n) is 5.43. The Morgan fingerprint density at radius 2 is 1.89 bits per heavy atom. The molecule has 0 atom stereocenters. The van der Waals surface area contributed by atoms with E-state index in [1.165, 1.54) is 18.2 Å². The molecule has 0 saturated carbocycles. The van der Waals surface area contributed by atoms with Crippen LogP contribution in [0.2, 0.25) is 0 Å². The van der Waals surface area contributed by atoms with Crippen LogP contribution in [-0.2, 0) is 0 Å². The molecule has 0 amide bonds. The zero-order valence-electron chi connectivity index (χ0n) is 10.6. The highest BCUT2D eigenvalue weighted by atomic mass is 79.9. The summed E-state index contributed by atoms with van der Waals surface area (Å²) in [7, 11) is 0. The highest BCUT2D eigenvalue weighted by molar-refractivity contribution is 9.10. The molecule has 0 bridgehead atoms. The predicted molar refractivity (Wildman–Crippen MR) is 43.6 cm³/mol. The summed E-state index contributed by atoms with van der Waals surface area (Å²) in [6, 6.07) is 4.23. The molecule has 1 aromatic rings. The zero-order chi connectivity index (χ0) is 11.9. The molecule has 0 aliphatic rings. The second-order valence-corrected chi connectivity index (χ2v) is 2.46. The van der Waals surface area contributed by atoms with Crippen LogP contribution in [0, 0.1) is 13.7 Å². The molecule has 0 saturated heterocycles. The summed E-state index contributed by atoms with van der Waals surface area (Å²) in [5.74, 6) is 0. The number of halogens is 1. The van der Waals surface area contributed by atoms with Crippen LogP contribution in [0.1, 0.15) is 19.4 Å². The third kappa shape index (κ3) is 1.33. The number of hydrogen-bond acceptors (Lipinski definition) is 0. The van der Waals surface area contributed by atoms with E-state index < -0.39 is 13.7 Å². The van der Waals surface area contributed by atoms with Crippen molar-refractivity contribution in [3.63, 3.8) is 0 Å². The summed E-state index contributed by atoms with van der Waals surface area (Å²) < 4.78 is 43.6. The van der Waals surface area contributed by atoms with Crippen molar-refractivity contribution in [1.29, 1.82) is 0 Å². The van der Waals surface area contributed by atoms with Gasteiger partial charge in [-0.2, -0.15) is 0 Å². The number of benzene rings is 1. The quantitative estimate of drug-likeness (QED) is 0.591. The SMILES string of the molecule is [2H]C([2H])([2H])c1cccc(C([2H])([2H])[2H])c1Br. The molecular formula is C8H9Br. The lowest BCUT2D eigenvalue weighted by atomic mass is 10.2. The maximum Gasteiger partial charge on any atom is 0.0280 e. The van der Waals surface area contributed by atoms with Gasteiger partial charge in [0.15, 0.2) is 0 Å². The van der Waals surface area contributed by atoms with Gasteiger partial charge in [0.2, 0.25) is 0 Å². The summed E-state index contributed by atoms with van der Waals surface area (Å²) >= 11 is 3.03. The Balaban J connectivity index is 3.37. The zero-order valence-corrected chi connectivity index (χ0v) is 6.20. The molecule has 1 rings (SSSR count). The van der Waals surface area contributed by atoms with E-state index in [9.17, 15) is 0 Å². The first kappa shape index (κ1) is 2.39. The molecule has 0 N–H and O–H groups in total. The molecule has 0 aliphatic heterocycles. The maximum absolute atomic E-state index is 7.23. The lowest BCUT2D eigenvalue weighted by Crippen LogP contribution is -1.77. The van der Waals surface area contributed by atoms with E-state index in [1.54, 1.807) is 0 Å². The Morgan fingerprint density at radius 3 is 2.33 bits per heavy atom. The first-order valence-corrected chi connectivity index (χ1v) is 3.23. The fourth-order valence-corrected chi connectivity index (χ4v) is 0.796. The number of rotatable bonds is 0. The Labute approximate surface area is 72.5 Å². The average molecular weight is 191 g/mol. The molecule has 0 radical (unpaired) electrons. The van der Waals surface area contributed by atoms with Crippen LogP contribution in [0.5, 0.6) is 0 Å². The van der Waals surface area contributed by atoms with E-state index in [0.717, 1.165) is 0 Å². The largest absolute Gasteiger partial charge is 0.0617 e. The fourth-order valence-electron chi connectivity index (χ4n) is 0.532. The normalized spacial score (nSPS) is 22.3. The van der Waals surface area contributed by atoms with Gasteiger partial charge < -0.3 is 0 Å². The third-order valence-corrected chi connectivity index (χ3v) is 1.85. The van der Waals surface area contributed by atoms with Gasteiger partial charge in [-0.25, -0.2) is 0 Å². The standard InChI is InChI=1S/C8H9Br/c1-6-4-3-5-7(2)8(6)9/h3-5H,1-2H3/i1D3,2D3. The monoisotopic (exact) mass is 190 g/mol. The first-order chi connectivity index (χ1) is 6.64. The minimum Gasteiger partial charge on any atom is -0.0617 e. The van der Waals surface area contributed by atoms with E-state index in [1.807, 2.05) is 0 Å². The van der Waals surface area contributed by atoms with Crippen LogP contribution in [0.3, 0.4) is 0 Å². The highest BCUT2D eigenvalue weighted by Crippen LogP contribution is 2.19. The lowest BCUT2D eigenvalue weighted by molar-refractivity contribution is 1.34. The van der Waals surface area contributed by atoms with Gasteiger partial charge >= 0.3 is 0 Å². The van der Waals surface area contributed by atoms with Crippen LogP contribution in [0.4, 0.5) is 0 Å². The molecule has 0 aromatic heterocycles. The summed E-state index contributed by atoms with van der Waals surface area (Å²) in [5.41, 5.74) is 0.0484. The van der Waals surface area contributed by atoms with Crippen molar-refractivity contribution < 1.29 is 8.22 Å². The van der Waals surface area contributed by atoms with Gasteiger partial charge in [0.25, 0.3) is 0 Å². The van der Waals surface area contributed by atoms with Crippen molar-refractivity contribution in [3.8, 4) is 0 Å². The van der Waals surface area contributed by atoms with Crippen molar-refractivity contribution >= 4 is 15.9 Å². The molecule has 48 valence electrons. The van der Waals surface area contributed by atoms with Crippen molar-refractivity contribution in [2.24, 2.45) is 0 Å². The van der Waals surface area contributed by atoms with Gasteiger partial charge in [-0.05, 0) is 24.8 Å². The van der Waals surface area contributed by atoms with Crippen LogP contribution >= 0.6 is 15.9 Å². The smallest absolute Gasteiger partial charge is 0.0280 e. The Hall–Kier alpha value is -0.300. The van der Waals surface area contributed by atoms with Crippen molar-refractivity contribution in [3.05, 3.63) is 33.8 Å². The van der Waals surface area contributed by atoms with Gasteiger partial charge in [-0.15, -0.1) is 0 Å². The van der Waals surface area contributed by atoms with Crippen LogP contribution in [-0.4, -0.2) is 0 Å². The van der Waals surface area contributed by atoms with Crippen LogP contribution in [0.15, 0.2) is 22.7 Å². The molecule has 1 heteroatoms. The van der Waals surface area contributed by atoms with Crippen LogP contribution < -0.4 is 0 Å². The third-order valence-electron chi connectivity index (χ3n) is 0.999. The summed E-state index contributed by atoms with van der Waals surface area (Å²) in [5, 5.41) is 0. The topological polar surface area (TPSA) is 0 Å². The summed E-state index contributed by atoms with van der Waals surface area (Å²) in [4.78, 5) is 0. The van der Waals surface area contributed by atoms with Crippen molar-refractivity contribution in [2.75, 3.05) is 0 Å². The molecule has 0 spiro atoms. The van der Waals surface area contributed by atoms with Gasteiger partial charge in [0, 0.05) is 12.7 Å². The van der Waals surface area contributed by atoms with Crippen molar-refractivity contribution in [1.82, 2.24) is 0 Å². The minimum absolute atomic E-state index is 0.0242. The van der Waals surface area contributed by atoms with Crippen LogP contribution in [0.25, 0.3) is 0 Å². The molecule has 0 aliphatic carbocycles. The predicted octanol–water partition coefficient (Wildman–Crippen LogP) is 3.07. The molecule has 9 heavy (non-hydrogen) atoms. The Morgan fingerprint density at radius 1 is 1.33 bits per heavy atom. The molecule has 0 heterocycles.